The van der Waals surface area contributed by atoms with Gasteiger partial charge < -0.3 is 9.47 Å². The molecule has 2 aromatic rings. The quantitative estimate of drug-likeness (QED) is 0.626. The smallest absolute Gasteiger partial charge is 0.325 e. The largest absolute Gasteiger partial charge is 0.480 e. The Balaban J connectivity index is 2.26. The van der Waals surface area contributed by atoms with E-state index < -0.39 is 16.4 Å². The Morgan fingerprint density at radius 3 is 2.80 bits per heavy atom. The number of nitro groups is 1. The van der Waals surface area contributed by atoms with Crippen molar-refractivity contribution in [3.8, 4) is 17.6 Å². The summed E-state index contributed by atoms with van der Waals surface area (Å²) in [7, 11) is 1.42. The maximum Gasteiger partial charge on any atom is 0.325 e. The lowest BCUT2D eigenvalue weighted by Crippen LogP contribution is -1.97. The lowest BCUT2D eigenvalue weighted by Gasteiger charge is -2.06. The number of nitro benzene ring substituents is 1. The summed E-state index contributed by atoms with van der Waals surface area (Å²) in [6.07, 6.45) is 1.41. The highest BCUT2D eigenvalue weighted by molar-refractivity contribution is 9.10. The number of aromatic nitrogens is 2. The normalized spacial score (nSPS) is 10.2. The number of ether oxygens (including phenoxy) is 2. The van der Waals surface area contributed by atoms with Crippen molar-refractivity contribution >= 4 is 21.6 Å². The average molecular weight is 344 g/mol. The van der Waals surface area contributed by atoms with Crippen molar-refractivity contribution in [2.24, 2.45) is 0 Å². The third-order valence-corrected chi connectivity index (χ3v) is 2.75. The van der Waals surface area contributed by atoms with Gasteiger partial charge in [-0.2, -0.15) is 9.37 Å². The number of hydrogen-bond donors (Lipinski definition) is 0. The summed E-state index contributed by atoms with van der Waals surface area (Å²) < 4.78 is 24.1. The number of benzene rings is 1. The Kier molecular flexibility index (Phi) is 4.08. The molecule has 2 rings (SSSR count). The molecule has 1 aromatic carbocycles. The monoisotopic (exact) mass is 343 g/mol. The standard InChI is InChI=1S/C11H7BrFN3O4/c1-19-10-7(12)5-14-11(15-10)20-6-2-3-9(16(17)18)8(13)4-6/h2-5H,1H3. The van der Waals surface area contributed by atoms with Crippen LogP contribution in [0, 0.1) is 15.9 Å². The molecule has 0 spiro atoms. The van der Waals surface area contributed by atoms with Crippen molar-refractivity contribution in [3.63, 3.8) is 0 Å². The van der Waals surface area contributed by atoms with E-state index in [1.165, 1.54) is 19.4 Å². The SMILES string of the molecule is COc1nc(Oc2ccc([N+](=O)[O-])c(F)c2)ncc1Br. The van der Waals surface area contributed by atoms with Gasteiger partial charge >= 0.3 is 11.7 Å². The van der Waals surface area contributed by atoms with Gasteiger partial charge in [0.05, 0.1) is 22.7 Å². The lowest BCUT2D eigenvalue weighted by atomic mass is 10.3. The summed E-state index contributed by atoms with van der Waals surface area (Å²) >= 11 is 3.17. The molecule has 0 unspecified atom stereocenters. The highest BCUT2D eigenvalue weighted by atomic mass is 79.9. The maximum absolute atomic E-state index is 13.4. The zero-order valence-corrected chi connectivity index (χ0v) is 11.6. The van der Waals surface area contributed by atoms with Crippen molar-refractivity contribution in [2.45, 2.75) is 0 Å². The molecule has 0 fully saturated rings. The van der Waals surface area contributed by atoms with Crippen molar-refractivity contribution < 1.29 is 18.8 Å². The summed E-state index contributed by atoms with van der Waals surface area (Å²) in [5.74, 6) is -0.716. The third-order valence-electron chi connectivity index (χ3n) is 2.21. The molecule has 0 N–H and O–H groups in total. The fourth-order valence-electron chi connectivity index (χ4n) is 1.33. The fourth-order valence-corrected chi connectivity index (χ4v) is 1.69. The Labute approximate surface area is 120 Å². The first-order valence-electron chi connectivity index (χ1n) is 5.19. The summed E-state index contributed by atoms with van der Waals surface area (Å²) in [5.41, 5.74) is -0.633. The van der Waals surface area contributed by atoms with Crippen LogP contribution in [0.1, 0.15) is 0 Å². The Morgan fingerprint density at radius 1 is 1.45 bits per heavy atom. The van der Waals surface area contributed by atoms with Crippen LogP contribution in [-0.2, 0) is 0 Å². The highest BCUT2D eigenvalue weighted by Gasteiger charge is 2.15. The van der Waals surface area contributed by atoms with E-state index in [-0.39, 0.29) is 17.6 Å². The van der Waals surface area contributed by atoms with Crippen LogP contribution in [-0.4, -0.2) is 22.0 Å². The lowest BCUT2D eigenvalue weighted by molar-refractivity contribution is -0.387. The zero-order chi connectivity index (χ0) is 14.7. The minimum absolute atomic E-state index is 0.0393. The molecule has 20 heavy (non-hydrogen) atoms. The molecule has 0 aliphatic heterocycles. The average Bonchev–Trinajstić information content (AvgIpc) is 2.40. The van der Waals surface area contributed by atoms with E-state index in [2.05, 4.69) is 25.9 Å². The number of nitrogens with zero attached hydrogens (tertiary/aromatic N) is 3. The van der Waals surface area contributed by atoms with Crippen LogP contribution in [0.15, 0.2) is 28.9 Å². The zero-order valence-electron chi connectivity index (χ0n) is 10.0. The van der Waals surface area contributed by atoms with Crippen LogP contribution >= 0.6 is 15.9 Å². The Hall–Kier alpha value is -2.29. The van der Waals surface area contributed by atoms with Gasteiger partial charge in [0.15, 0.2) is 0 Å². The first kappa shape index (κ1) is 14.1. The van der Waals surface area contributed by atoms with Gasteiger partial charge in [-0.3, -0.25) is 10.1 Å². The van der Waals surface area contributed by atoms with E-state index in [1.54, 1.807) is 0 Å². The molecule has 0 atom stereocenters. The third kappa shape index (κ3) is 2.99. The molecule has 0 aliphatic rings. The Bertz CT molecular complexity index is 668. The van der Waals surface area contributed by atoms with Crippen molar-refractivity contribution in [2.75, 3.05) is 7.11 Å². The molecular weight excluding hydrogens is 337 g/mol. The maximum atomic E-state index is 13.4. The van der Waals surface area contributed by atoms with Gasteiger partial charge in [0.1, 0.15) is 5.75 Å². The van der Waals surface area contributed by atoms with Crippen LogP contribution in [0.5, 0.6) is 17.6 Å². The molecule has 7 nitrogen and oxygen atoms in total. The van der Waals surface area contributed by atoms with Gasteiger partial charge in [0, 0.05) is 12.1 Å². The number of methoxy groups -OCH3 is 1. The van der Waals surface area contributed by atoms with E-state index in [0.29, 0.717) is 4.47 Å². The molecular formula is C11H7BrFN3O4. The molecule has 0 aliphatic carbocycles. The minimum Gasteiger partial charge on any atom is -0.480 e. The van der Waals surface area contributed by atoms with E-state index >= 15 is 0 Å². The van der Waals surface area contributed by atoms with Gasteiger partial charge in [-0.15, -0.1) is 0 Å². The van der Waals surface area contributed by atoms with Gasteiger partial charge in [0.2, 0.25) is 11.7 Å². The molecule has 0 amide bonds. The van der Waals surface area contributed by atoms with Gasteiger partial charge in [0.25, 0.3) is 0 Å². The summed E-state index contributed by atoms with van der Waals surface area (Å²) in [4.78, 5) is 17.4. The predicted octanol–water partition coefficient (Wildman–Crippen LogP) is 3.09. The molecule has 1 heterocycles. The first-order valence-corrected chi connectivity index (χ1v) is 5.99. The predicted molar refractivity (Wildman–Crippen MR) is 69.4 cm³/mol. The fraction of sp³-hybridized carbons (Fsp3) is 0.0909. The number of halogens is 2. The molecule has 9 heteroatoms. The van der Waals surface area contributed by atoms with E-state index in [1.807, 2.05) is 0 Å². The molecule has 0 saturated heterocycles. The van der Waals surface area contributed by atoms with Crippen LogP contribution in [0.2, 0.25) is 0 Å². The van der Waals surface area contributed by atoms with Crippen LogP contribution in [0.3, 0.4) is 0 Å². The van der Waals surface area contributed by atoms with Crippen LogP contribution in [0.4, 0.5) is 10.1 Å². The van der Waals surface area contributed by atoms with Crippen molar-refractivity contribution in [1.29, 1.82) is 0 Å². The van der Waals surface area contributed by atoms with Gasteiger partial charge in [-0.25, -0.2) is 4.98 Å². The summed E-state index contributed by atoms with van der Waals surface area (Å²) in [5, 5.41) is 10.5. The number of rotatable bonds is 4. The summed E-state index contributed by atoms with van der Waals surface area (Å²) in [6.45, 7) is 0. The summed E-state index contributed by atoms with van der Waals surface area (Å²) in [6, 6.07) is 3.06. The molecule has 0 radical (unpaired) electrons. The van der Waals surface area contributed by atoms with E-state index in [9.17, 15) is 14.5 Å². The second-order valence-electron chi connectivity index (χ2n) is 3.48. The second kappa shape index (κ2) is 5.78. The molecule has 0 bridgehead atoms. The van der Waals surface area contributed by atoms with Gasteiger partial charge in [-0.05, 0) is 22.0 Å². The van der Waals surface area contributed by atoms with E-state index in [4.69, 9.17) is 9.47 Å². The minimum atomic E-state index is -1.00. The number of hydrogen-bond acceptors (Lipinski definition) is 6. The Morgan fingerprint density at radius 2 is 2.20 bits per heavy atom. The molecule has 1 aromatic heterocycles. The van der Waals surface area contributed by atoms with Crippen LogP contribution in [0.25, 0.3) is 0 Å². The van der Waals surface area contributed by atoms with Crippen molar-refractivity contribution in [3.05, 3.63) is 44.8 Å². The first-order chi connectivity index (χ1) is 9.51. The molecule has 0 saturated carbocycles. The highest BCUT2D eigenvalue weighted by Crippen LogP contribution is 2.27. The van der Waals surface area contributed by atoms with E-state index in [0.717, 1.165) is 12.1 Å². The second-order valence-corrected chi connectivity index (χ2v) is 4.34. The van der Waals surface area contributed by atoms with Crippen molar-refractivity contribution in [1.82, 2.24) is 9.97 Å². The van der Waals surface area contributed by atoms with Gasteiger partial charge in [-0.1, -0.05) is 0 Å². The van der Waals surface area contributed by atoms with Crippen LogP contribution < -0.4 is 9.47 Å². The topological polar surface area (TPSA) is 87.4 Å². The molecule has 104 valence electrons.